The Labute approximate surface area is 163 Å². The van der Waals surface area contributed by atoms with Crippen molar-refractivity contribution in [2.45, 2.75) is 25.7 Å². The van der Waals surface area contributed by atoms with Crippen LogP contribution in [0.1, 0.15) is 31.1 Å². The van der Waals surface area contributed by atoms with Gasteiger partial charge in [-0.05, 0) is 56.3 Å². The molecule has 0 atom stereocenters. The van der Waals surface area contributed by atoms with Crippen LogP contribution in [0.2, 0.25) is 0 Å². The molecule has 28 heavy (non-hydrogen) atoms. The van der Waals surface area contributed by atoms with Crippen LogP contribution in [0.5, 0.6) is 5.75 Å². The number of rotatable bonds is 8. The van der Waals surface area contributed by atoms with Crippen molar-refractivity contribution in [2.75, 3.05) is 23.3 Å². The minimum atomic E-state index is -3.90. The van der Waals surface area contributed by atoms with E-state index in [1.54, 1.807) is 13.8 Å². The van der Waals surface area contributed by atoms with Gasteiger partial charge in [0.05, 0.1) is 29.4 Å². The van der Waals surface area contributed by atoms with Crippen LogP contribution < -0.4 is 14.8 Å². The number of nitrogens with one attached hydrogen (secondary N) is 2. The highest BCUT2D eigenvalue weighted by molar-refractivity contribution is 7.92. The first kappa shape index (κ1) is 21.2. The van der Waals surface area contributed by atoms with E-state index in [0.29, 0.717) is 5.69 Å². The normalized spacial score (nSPS) is 10.8. The predicted molar refractivity (Wildman–Crippen MR) is 105 cm³/mol. The van der Waals surface area contributed by atoms with E-state index in [0.717, 1.165) is 0 Å². The highest BCUT2D eigenvalue weighted by atomic mass is 32.2. The van der Waals surface area contributed by atoms with E-state index in [2.05, 4.69) is 10.0 Å². The van der Waals surface area contributed by atoms with Crippen LogP contribution in [0.25, 0.3) is 0 Å². The molecule has 2 N–H and O–H groups in total. The van der Waals surface area contributed by atoms with Crippen molar-refractivity contribution in [1.82, 2.24) is 0 Å². The van der Waals surface area contributed by atoms with Gasteiger partial charge in [0.2, 0.25) is 5.91 Å². The van der Waals surface area contributed by atoms with Crippen LogP contribution in [-0.4, -0.2) is 33.5 Å². The van der Waals surface area contributed by atoms with E-state index in [1.165, 1.54) is 49.4 Å². The zero-order chi connectivity index (χ0) is 20.7. The smallest absolute Gasteiger partial charge is 0.338 e. The van der Waals surface area contributed by atoms with Gasteiger partial charge in [0.25, 0.3) is 10.0 Å². The van der Waals surface area contributed by atoms with Gasteiger partial charge in [0.15, 0.2) is 0 Å². The van der Waals surface area contributed by atoms with Crippen molar-refractivity contribution in [3.05, 3.63) is 48.0 Å². The summed E-state index contributed by atoms with van der Waals surface area (Å²) in [6.45, 7) is 5.32. The minimum absolute atomic E-state index is 0.0125. The fraction of sp³-hybridized carbons (Fsp3) is 0.263. The Bertz CT molecular complexity index is 955. The molecule has 0 aliphatic carbocycles. The first-order valence-electron chi connectivity index (χ1n) is 8.61. The van der Waals surface area contributed by atoms with Crippen LogP contribution in [-0.2, 0) is 19.6 Å². The summed E-state index contributed by atoms with van der Waals surface area (Å²) in [6, 6.07) is 10.1. The molecule has 150 valence electrons. The van der Waals surface area contributed by atoms with Crippen LogP contribution in [0.4, 0.5) is 11.4 Å². The molecule has 9 heteroatoms. The average Bonchev–Trinajstić information content (AvgIpc) is 2.63. The van der Waals surface area contributed by atoms with Gasteiger partial charge in [-0.25, -0.2) is 13.2 Å². The molecule has 0 spiro atoms. The lowest BCUT2D eigenvalue weighted by Gasteiger charge is -2.14. The van der Waals surface area contributed by atoms with Gasteiger partial charge in [-0.2, -0.15) is 0 Å². The number of hydrogen-bond acceptors (Lipinski definition) is 6. The number of carbonyl (C=O) groups is 2. The monoisotopic (exact) mass is 406 g/mol. The van der Waals surface area contributed by atoms with Gasteiger partial charge in [-0.15, -0.1) is 0 Å². The number of anilines is 2. The van der Waals surface area contributed by atoms with E-state index in [9.17, 15) is 18.0 Å². The Hall–Kier alpha value is -3.07. The molecule has 0 bridgehead atoms. The molecule has 0 aromatic heterocycles. The Balaban J connectivity index is 2.29. The molecule has 0 saturated heterocycles. The lowest BCUT2D eigenvalue weighted by molar-refractivity contribution is -0.114. The molecule has 2 rings (SSSR count). The van der Waals surface area contributed by atoms with Crippen molar-refractivity contribution in [3.8, 4) is 5.75 Å². The Morgan fingerprint density at radius 3 is 2.25 bits per heavy atom. The molecule has 8 nitrogen and oxygen atoms in total. The number of amides is 1. The van der Waals surface area contributed by atoms with E-state index in [1.807, 2.05) is 0 Å². The van der Waals surface area contributed by atoms with Crippen LogP contribution in [0.15, 0.2) is 47.4 Å². The van der Waals surface area contributed by atoms with Crippen molar-refractivity contribution < 1.29 is 27.5 Å². The second-order valence-electron chi connectivity index (χ2n) is 5.68. The van der Waals surface area contributed by atoms with Gasteiger partial charge in [0.1, 0.15) is 5.75 Å². The van der Waals surface area contributed by atoms with Crippen molar-refractivity contribution in [2.24, 2.45) is 0 Å². The third-order valence-electron chi connectivity index (χ3n) is 3.52. The quantitative estimate of drug-likeness (QED) is 0.652. The molecule has 0 aliphatic rings. The van der Waals surface area contributed by atoms with E-state index < -0.39 is 16.0 Å². The van der Waals surface area contributed by atoms with E-state index >= 15 is 0 Å². The average molecular weight is 406 g/mol. The van der Waals surface area contributed by atoms with Crippen molar-refractivity contribution >= 4 is 33.3 Å². The van der Waals surface area contributed by atoms with Gasteiger partial charge >= 0.3 is 5.97 Å². The Morgan fingerprint density at radius 2 is 1.68 bits per heavy atom. The van der Waals surface area contributed by atoms with E-state index in [-0.39, 0.29) is 41.0 Å². The third-order valence-corrected chi connectivity index (χ3v) is 4.90. The summed E-state index contributed by atoms with van der Waals surface area (Å²) in [5.41, 5.74) is 0.939. The second-order valence-corrected chi connectivity index (χ2v) is 7.36. The largest absolute Gasteiger partial charge is 0.492 e. The third kappa shape index (κ3) is 5.46. The zero-order valence-electron chi connectivity index (χ0n) is 15.8. The summed E-state index contributed by atoms with van der Waals surface area (Å²) >= 11 is 0. The molecule has 2 aromatic carbocycles. The lowest BCUT2D eigenvalue weighted by Crippen LogP contribution is -2.15. The van der Waals surface area contributed by atoms with Crippen molar-refractivity contribution in [1.29, 1.82) is 0 Å². The first-order chi connectivity index (χ1) is 13.3. The summed E-state index contributed by atoms with van der Waals surface area (Å²) in [5, 5.41) is 2.57. The standard InChI is InChI=1S/C19H22N2O6S/c1-4-26-18-12-14(19(23)27-5-2)6-11-17(18)21-28(24,25)16-9-7-15(8-10-16)20-13(3)22/h6-12,21H,4-5H2,1-3H3,(H,20,22). The maximum absolute atomic E-state index is 12.7. The topological polar surface area (TPSA) is 111 Å². The summed E-state index contributed by atoms with van der Waals surface area (Å²) in [5.74, 6) is -0.560. The number of carbonyl (C=O) groups excluding carboxylic acids is 2. The fourth-order valence-electron chi connectivity index (χ4n) is 2.35. The maximum Gasteiger partial charge on any atom is 0.338 e. The van der Waals surface area contributed by atoms with E-state index in [4.69, 9.17) is 9.47 Å². The molecule has 0 unspecified atom stereocenters. The van der Waals surface area contributed by atoms with Crippen LogP contribution in [0.3, 0.4) is 0 Å². The number of esters is 1. The molecule has 0 radical (unpaired) electrons. The highest BCUT2D eigenvalue weighted by Gasteiger charge is 2.18. The summed E-state index contributed by atoms with van der Waals surface area (Å²) < 4.78 is 38.2. The summed E-state index contributed by atoms with van der Waals surface area (Å²) in [6.07, 6.45) is 0. The number of hydrogen-bond donors (Lipinski definition) is 2. The molecule has 0 saturated carbocycles. The molecule has 2 aromatic rings. The molecule has 0 aliphatic heterocycles. The summed E-state index contributed by atoms with van der Waals surface area (Å²) in [7, 11) is -3.90. The lowest BCUT2D eigenvalue weighted by atomic mass is 10.2. The second kappa shape index (κ2) is 9.23. The first-order valence-corrected chi connectivity index (χ1v) is 10.1. The number of ether oxygens (including phenoxy) is 2. The Morgan fingerprint density at radius 1 is 1.00 bits per heavy atom. The SMILES string of the molecule is CCOC(=O)c1ccc(NS(=O)(=O)c2ccc(NC(C)=O)cc2)c(OCC)c1. The number of benzene rings is 2. The van der Waals surface area contributed by atoms with Gasteiger partial charge in [-0.3, -0.25) is 9.52 Å². The molecule has 0 heterocycles. The highest BCUT2D eigenvalue weighted by Crippen LogP contribution is 2.29. The predicted octanol–water partition coefficient (Wildman–Crippen LogP) is 3.02. The van der Waals surface area contributed by atoms with Crippen molar-refractivity contribution in [3.63, 3.8) is 0 Å². The fourth-order valence-corrected chi connectivity index (χ4v) is 3.42. The summed E-state index contributed by atoms with van der Waals surface area (Å²) in [4.78, 5) is 23.0. The van der Waals surface area contributed by atoms with Gasteiger partial charge < -0.3 is 14.8 Å². The Kier molecular flexibility index (Phi) is 7.00. The van der Waals surface area contributed by atoms with Crippen LogP contribution >= 0.6 is 0 Å². The van der Waals surface area contributed by atoms with Gasteiger partial charge in [0, 0.05) is 12.6 Å². The zero-order valence-corrected chi connectivity index (χ0v) is 16.6. The maximum atomic E-state index is 12.7. The van der Waals surface area contributed by atoms with Gasteiger partial charge in [-0.1, -0.05) is 0 Å². The molecule has 1 amide bonds. The molecule has 0 fully saturated rings. The number of sulfonamides is 1. The van der Waals surface area contributed by atoms with Crippen LogP contribution in [0, 0.1) is 0 Å². The minimum Gasteiger partial charge on any atom is -0.492 e. The molecular formula is C19H22N2O6S. The molecular weight excluding hydrogens is 384 g/mol.